The van der Waals surface area contributed by atoms with E-state index in [0.717, 1.165) is 14.6 Å². The number of carbonyl (C=O) groups is 1. The van der Waals surface area contributed by atoms with Crippen molar-refractivity contribution in [1.82, 2.24) is 14.5 Å². The van der Waals surface area contributed by atoms with E-state index in [1.807, 2.05) is 6.20 Å². The highest BCUT2D eigenvalue weighted by atomic mass is 127. The van der Waals surface area contributed by atoms with Crippen LogP contribution in [0.15, 0.2) is 17.6 Å². The number of nitrogens with zero attached hydrogens (tertiary/aromatic N) is 3. The van der Waals surface area contributed by atoms with Crippen molar-refractivity contribution in [3.63, 3.8) is 0 Å². The zero-order chi connectivity index (χ0) is 13.4. The first kappa shape index (κ1) is 13.2. The van der Waals surface area contributed by atoms with Crippen LogP contribution in [0.1, 0.15) is 25.3 Å². The van der Waals surface area contributed by atoms with E-state index in [1.54, 1.807) is 0 Å². The molecule has 1 aliphatic carbocycles. The molecule has 1 aliphatic rings. The number of carboxylic acid groups (broad SMARTS) is 1. The third-order valence-corrected chi connectivity index (χ3v) is 4.64. The van der Waals surface area contributed by atoms with E-state index in [2.05, 4.69) is 43.3 Å². The van der Waals surface area contributed by atoms with Gasteiger partial charge < -0.3 is 9.67 Å². The normalized spacial score (nSPS) is 15.0. The highest BCUT2D eigenvalue weighted by Gasteiger charge is 2.26. The lowest BCUT2D eigenvalue weighted by molar-refractivity contribution is -0.136. The smallest absolute Gasteiger partial charge is 0.304 e. The Hall–Kier alpha value is -0.830. The molecule has 19 heavy (non-hydrogen) atoms. The van der Waals surface area contributed by atoms with Gasteiger partial charge in [-0.3, -0.25) is 4.79 Å². The Morgan fingerprint density at radius 3 is 3.05 bits per heavy atom. The molecule has 0 spiro atoms. The Morgan fingerprint density at radius 2 is 2.37 bits per heavy atom. The Balaban J connectivity index is 1.84. The molecule has 100 valence electrons. The van der Waals surface area contributed by atoms with Gasteiger partial charge in [-0.1, -0.05) is 11.8 Å². The summed E-state index contributed by atoms with van der Waals surface area (Å²) in [4.78, 5) is 19.3. The molecule has 1 saturated carbocycles. The summed E-state index contributed by atoms with van der Waals surface area (Å²) < 4.78 is 3.38. The molecule has 1 N–H and O–H groups in total. The van der Waals surface area contributed by atoms with Gasteiger partial charge in [0.25, 0.3) is 0 Å². The highest BCUT2D eigenvalue weighted by Crippen LogP contribution is 2.38. The van der Waals surface area contributed by atoms with Crippen LogP contribution >= 0.6 is 34.4 Å². The highest BCUT2D eigenvalue weighted by molar-refractivity contribution is 14.1. The number of carboxylic acids is 1. The molecular formula is C12H12IN3O2S. The number of thioether (sulfide) groups is 1. The predicted molar refractivity (Wildman–Crippen MR) is 81.5 cm³/mol. The second-order valence-corrected chi connectivity index (χ2v) is 6.72. The van der Waals surface area contributed by atoms with Crippen molar-refractivity contribution in [3.05, 3.63) is 16.0 Å². The van der Waals surface area contributed by atoms with Crippen molar-refractivity contribution < 1.29 is 9.90 Å². The Kier molecular flexibility index (Phi) is 3.66. The molecule has 7 heteroatoms. The predicted octanol–water partition coefficient (Wildman–Crippen LogP) is 2.94. The summed E-state index contributed by atoms with van der Waals surface area (Å²) in [5, 5.41) is 9.27. The van der Waals surface area contributed by atoms with Gasteiger partial charge in [0, 0.05) is 18.0 Å². The van der Waals surface area contributed by atoms with Crippen LogP contribution in [0, 0.1) is 3.57 Å². The van der Waals surface area contributed by atoms with Crippen molar-refractivity contribution >= 4 is 51.4 Å². The van der Waals surface area contributed by atoms with Gasteiger partial charge in [-0.15, -0.1) is 0 Å². The van der Waals surface area contributed by atoms with Crippen molar-refractivity contribution in [2.24, 2.45) is 0 Å². The summed E-state index contributed by atoms with van der Waals surface area (Å²) in [5.74, 6) is -0.288. The summed E-state index contributed by atoms with van der Waals surface area (Å²) in [7, 11) is 0. The van der Waals surface area contributed by atoms with E-state index in [0.29, 0.717) is 17.0 Å². The number of hydrogen-bond donors (Lipinski definition) is 1. The van der Waals surface area contributed by atoms with Gasteiger partial charge in [0.05, 0.1) is 21.7 Å². The van der Waals surface area contributed by atoms with E-state index in [1.165, 1.54) is 24.6 Å². The minimum atomic E-state index is -0.789. The molecular weight excluding hydrogens is 377 g/mol. The SMILES string of the molecule is O=C(O)CCSc1ncc2c(n1)c(I)cn2C1CC1. The van der Waals surface area contributed by atoms with Gasteiger partial charge >= 0.3 is 5.97 Å². The number of aromatic nitrogens is 3. The molecule has 2 aromatic rings. The van der Waals surface area contributed by atoms with Gasteiger partial charge in [-0.2, -0.15) is 0 Å². The average Bonchev–Trinajstić information content (AvgIpc) is 3.15. The molecule has 1 fully saturated rings. The maximum absolute atomic E-state index is 10.5. The van der Waals surface area contributed by atoms with Crippen LogP contribution in [0.4, 0.5) is 0 Å². The van der Waals surface area contributed by atoms with Crippen LogP contribution in [-0.2, 0) is 4.79 Å². The van der Waals surface area contributed by atoms with Crippen LogP contribution in [0.3, 0.4) is 0 Å². The number of aliphatic carboxylic acids is 1. The van der Waals surface area contributed by atoms with Crippen LogP contribution < -0.4 is 0 Å². The molecule has 0 aromatic carbocycles. The van der Waals surface area contributed by atoms with E-state index in [9.17, 15) is 4.79 Å². The van der Waals surface area contributed by atoms with Crippen LogP contribution in [0.5, 0.6) is 0 Å². The summed E-state index contributed by atoms with van der Waals surface area (Å²) >= 11 is 3.68. The molecule has 5 nitrogen and oxygen atoms in total. The zero-order valence-corrected chi connectivity index (χ0v) is 13.0. The van der Waals surface area contributed by atoms with Crippen molar-refractivity contribution in [1.29, 1.82) is 0 Å². The Labute approximate surface area is 127 Å². The molecule has 0 amide bonds. The maximum atomic E-state index is 10.5. The van der Waals surface area contributed by atoms with Gasteiger partial charge in [-0.05, 0) is 35.4 Å². The molecule has 3 rings (SSSR count). The maximum Gasteiger partial charge on any atom is 0.304 e. The number of hydrogen-bond acceptors (Lipinski definition) is 4. The average molecular weight is 389 g/mol. The second kappa shape index (κ2) is 5.28. The Bertz CT molecular complexity index is 639. The second-order valence-electron chi connectivity index (χ2n) is 4.49. The van der Waals surface area contributed by atoms with Crippen molar-refractivity contribution in [2.75, 3.05) is 5.75 Å². The molecule has 0 unspecified atom stereocenters. The van der Waals surface area contributed by atoms with Crippen LogP contribution in [0.25, 0.3) is 11.0 Å². The lowest BCUT2D eigenvalue weighted by Gasteiger charge is -2.02. The monoisotopic (exact) mass is 389 g/mol. The topological polar surface area (TPSA) is 68.0 Å². The van der Waals surface area contributed by atoms with Gasteiger partial charge in [0.15, 0.2) is 5.16 Å². The minimum absolute atomic E-state index is 0.131. The summed E-state index contributed by atoms with van der Waals surface area (Å²) in [6.07, 6.45) is 6.57. The first-order valence-electron chi connectivity index (χ1n) is 6.03. The third kappa shape index (κ3) is 2.86. The number of rotatable bonds is 5. The van der Waals surface area contributed by atoms with E-state index in [-0.39, 0.29) is 6.42 Å². The van der Waals surface area contributed by atoms with E-state index >= 15 is 0 Å². The van der Waals surface area contributed by atoms with E-state index < -0.39 is 5.97 Å². The fraction of sp³-hybridized carbons (Fsp3) is 0.417. The summed E-state index contributed by atoms with van der Waals surface area (Å²) in [5.41, 5.74) is 2.05. The zero-order valence-electron chi connectivity index (χ0n) is 10.0. The van der Waals surface area contributed by atoms with Gasteiger partial charge in [0.1, 0.15) is 5.52 Å². The molecule has 2 heterocycles. The fourth-order valence-electron chi connectivity index (χ4n) is 1.93. The van der Waals surface area contributed by atoms with Crippen molar-refractivity contribution in [2.45, 2.75) is 30.5 Å². The largest absolute Gasteiger partial charge is 0.481 e. The number of fused-ring (bicyclic) bond motifs is 1. The van der Waals surface area contributed by atoms with Gasteiger partial charge in [0.2, 0.25) is 0 Å². The molecule has 0 aliphatic heterocycles. The Morgan fingerprint density at radius 1 is 1.58 bits per heavy atom. The summed E-state index contributed by atoms with van der Waals surface area (Å²) in [6.45, 7) is 0. The minimum Gasteiger partial charge on any atom is -0.481 e. The molecule has 0 bridgehead atoms. The first-order chi connectivity index (χ1) is 9.15. The summed E-state index contributed by atoms with van der Waals surface area (Å²) in [6, 6.07) is 0.611. The molecule has 0 radical (unpaired) electrons. The van der Waals surface area contributed by atoms with Crippen LogP contribution in [0.2, 0.25) is 0 Å². The third-order valence-electron chi connectivity index (χ3n) is 2.99. The lowest BCUT2D eigenvalue weighted by Crippen LogP contribution is -1.97. The van der Waals surface area contributed by atoms with Gasteiger partial charge in [-0.25, -0.2) is 9.97 Å². The molecule has 0 atom stereocenters. The standard InChI is InChI=1S/C12H12IN3O2S/c13-8-6-16(7-1-2-7)9-5-14-12(15-11(8)9)19-4-3-10(17)18/h5-7H,1-4H2,(H,17,18). The quantitative estimate of drug-likeness (QED) is 0.484. The number of halogens is 1. The first-order valence-corrected chi connectivity index (χ1v) is 8.09. The van der Waals surface area contributed by atoms with E-state index in [4.69, 9.17) is 5.11 Å². The van der Waals surface area contributed by atoms with Crippen LogP contribution in [-0.4, -0.2) is 31.4 Å². The lowest BCUT2D eigenvalue weighted by atomic mass is 10.4. The molecule has 2 aromatic heterocycles. The fourth-order valence-corrected chi connectivity index (χ4v) is 3.37. The molecule has 0 saturated heterocycles. The van der Waals surface area contributed by atoms with Crippen molar-refractivity contribution in [3.8, 4) is 0 Å².